The van der Waals surface area contributed by atoms with E-state index in [-0.39, 0.29) is 0 Å². The van der Waals surface area contributed by atoms with Crippen LogP contribution >= 0.6 is 0 Å². The second-order valence-corrected chi connectivity index (χ2v) is 4.19. The van der Waals surface area contributed by atoms with Crippen LogP contribution in [0.2, 0.25) is 0 Å². The van der Waals surface area contributed by atoms with Crippen LogP contribution in [-0.4, -0.2) is 29.1 Å². The van der Waals surface area contributed by atoms with Crippen LogP contribution in [-0.2, 0) is 6.42 Å². The Kier molecular flexibility index (Phi) is 4.68. The normalized spacial score (nSPS) is 10.9. The molecule has 1 aromatic heterocycles. The Morgan fingerprint density at radius 1 is 1.38 bits per heavy atom. The SMILES string of the molecule is CCc1cc(N(CCN)C(C)C)nc(C)n1. The summed E-state index contributed by atoms with van der Waals surface area (Å²) in [6.07, 6.45) is 0.935. The minimum absolute atomic E-state index is 0.405. The second kappa shape index (κ2) is 5.80. The molecule has 0 saturated heterocycles. The molecule has 1 aromatic rings. The summed E-state index contributed by atoms with van der Waals surface area (Å²) in [4.78, 5) is 11.1. The third-order valence-electron chi connectivity index (χ3n) is 2.53. The van der Waals surface area contributed by atoms with Gasteiger partial charge < -0.3 is 10.6 Å². The van der Waals surface area contributed by atoms with Gasteiger partial charge in [-0.15, -0.1) is 0 Å². The van der Waals surface area contributed by atoms with E-state index in [9.17, 15) is 0 Å². The summed E-state index contributed by atoms with van der Waals surface area (Å²) < 4.78 is 0. The molecular formula is C12H22N4. The highest BCUT2D eigenvalue weighted by Gasteiger charge is 2.12. The van der Waals surface area contributed by atoms with Gasteiger partial charge in [0.1, 0.15) is 11.6 Å². The van der Waals surface area contributed by atoms with Gasteiger partial charge in [-0.3, -0.25) is 0 Å². The first-order chi connectivity index (χ1) is 7.58. The molecule has 0 bridgehead atoms. The Morgan fingerprint density at radius 2 is 2.06 bits per heavy atom. The van der Waals surface area contributed by atoms with E-state index >= 15 is 0 Å². The van der Waals surface area contributed by atoms with E-state index in [2.05, 4.69) is 41.7 Å². The molecule has 16 heavy (non-hydrogen) atoms. The minimum atomic E-state index is 0.405. The average molecular weight is 222 g/mol. The number of anilines is 1. The predicted molar refractivity (Wildman–Crippen MR) is 67.7 cm³/mol. The van der Waals surface area contributed by atoms with Gasteiger partial charge in [0.25, 0.3) is 0 Å². The van der Waals surface area contributed by atoms with E-state index in [0.29, 0.717) is 12.6 Å². The lowest BCUT2D eigenvalue weighted by Crippen LogP contribution is -2.36. The number of nitrogens with two attached hydrogens (primary N) is 1. The van der Waals surface area contributed by atoms with Gasteiger partial charge >= 0.3 is 0 Å². The molecule has 0 aliphatic rings. The molecule has 1 heterocycles. The van der Waals surface area contributed by atoms with Crippen LogP contribution < -0.4 is 10.6 Å². The molecule has 0 atom stereocenters. The summed E-state index contributed by atoms with van der Waals surface area (Å²) in [5.41, 5.74) is 6.72. The Labute approximate surface area is 97.9 Å². The first-order valence-electron chi connectivity index (χ1n) is 5.89. The van der Waals surface area contributed by atoms with Crippen LogP contribution in [0.5, 0.6) is 0 Å². The van der Waals surface area contributed by atoms with Crippen molar-refractivity contribution in [3.63, 3.8) is 0 Å². The van der Waals surface area contributed by atoms with E-state index in [1.165, 1.54) is 0 Å². The molecule has 4 nitrogen and oxygen atoms in total. The highest BCUT2D eigenvalue weighted by Crippen LogP contribution is 2.15. The molecule has 0 saturated carbocycles. The average Bonchev–Trinajstić information content (AvgIpc) is 2.24. The molecule has 4 heteroatoms. The lowest BCUT2D eigenvalue weighted by atomic mass is 10.2. The zero-order valence-corrected chi connectivity index (χ0v) is 10.7. The molecule has 0 aliphatic carbocycles. The van der Waals surface area contributed by atoms with Gasteiger partial charge in [0.2, 0.25) is 0 Å². The van der Waals surface area contributed by atoms with E-state index in [1.54, 1.807) is 0 Å². The smallest absolute Gasteiger partial charge is 0.132 e. The lowest BCUT2D eigenvalue weighted by Gasteiger charge is -2.27. The third-order valence-corrected chi connectivity index (χ3v) is 2.53. The number of aromatic nitrogens is 2. The molecule has 0 aliphatic heterocycles. The van der Waals surface area contributed by atoms with Crippen LogP contribution in [0.4, 0.5) is 5.82 Å². The molecule has 0 spiro atoms. The van der Waals surface area contributed by atoms with Gasteiger partial charge in [-0.05, 0) is 27.2 Å². The van der Waals surface area contributed by atoms with Crippen LogP contribution in [0.3, 0.4) is 0 Å². The summed E-state index contributed by atoms with van der Waals surface area (Å²) in [5.74, 6) is 1.82. The van der Waals surface area contributed by atoms with Crippen molar-refractivity contribution in [2.24, 2.45) is 5.73 Å². The molecule has 0 unspecified atom stereocenters. The standard InChI is InChI=1S/C12H22N4/c1-5-11-8-12(15-10(4)14-11)16(7-6-13)9(2)3/h8-9H,5-7,13H2,1-4H3. The zero-order chi connectivity index (χ0) is 12.1. The molecule has 2 N–H and O–H groups in total. The first kappa shape index (κ1) is 12.9. The Morgan fingerprint density at radius 3 is 2.56 bits per heavy atom. The second-order valence-electron chi connectivity index (χ2n) is 4.19. The fourth-order valence-electron chi connectivity index (χ4n) is 1.72. The van der Waals surface area contributed by atoms with Gasteiger partial charge in [0.05, 0.1) is 0 Å². The molecular weight excluding hydrogens is 200 g/mol. The van der Waals surface area contributed by atoms with Crippen molar-refractivity contribution in [1.82, 2.24) is 9.97 Å². The fraction of sp³-hybridized carbons (Fsp3) is 0.667. The quantitative estimate of drug-likeness (QED) is 0.820. The van der Waals surface area contributed by atoms with Crippen molar-refractivity contribution < 1.29 is 0 Å². The maximum Gasteiger partial charge on any atom is 0.132 e. The van der Waals surface area contributed by atoms with Crippen molar-refractivity contribution >= 4 is 5.82 Å². The van der Waals surface area contributed by atoms with Crippen molar-refractivity contribution in [2.75, 3.05) is 18.0 Å². The van der Waals surface area contributed by atoms with Crippen LogP contribution in [0, 0.1) is 6.92 Å². The van der Waals surface area contributed by atoms with Crippen LogP contribution in [0.25, 0.3) is 0 Å². The van der Waals surface area contributed by atoms with Crippen molar-refractivity contribution in [1.29, 1.82) is 0 Å². The topological polar surface area (TPSA) is 55.0 Å². The lowest BCUT2D eigenvalue weighted by molar-refractivity contribution is 0.670. The number of nitrogens with zero attached hydrogens (tertiary/aromatic N) is 3. The third kappa shape index (κ3) is 3.17. The number of hydrogen-bond acceptors (Lipinski definition) is 4. The Bertz CT molecular complexity index is 336. The molecule has 0 aromatic carbocycles. The van der Waals surface area contributed by atoms with E-state index in [0.717, 1.165) is 30.3 Å². The van der Waals surface area contributed by atoms with Gasteiger partial charge in [0.15, 0.2) is 0 Å². The van der Waals surface area contributed by atoms with Gasteiger partial charge in [-0.2, -0.15) is 0 Å². The van der Waals surface area contributed by atoms with Crippen molar-refractivity contribution in [2.45, 2.75) is 40.2 Å². The van der Waals surface area contributed by atoms with E-state index in [4.69, 9.17) is 5.73 Å². The molecule has 1 rings (SSSR count). The summed E-state index contributed by atoms with van der Waals surface area (Å²) >= 11 is 0. The number of hydrogen-bond donors (Lipinski definition) is 1. The zero-order valence-electron chi connectivity index (χ0n) is 10.7. The van der Waals surface area contributed by atoms with Crippen LogP contribution in [0.15, 0.2) is 6.07 Å². The monoisotopic (exact) mass is 222 g/mol. The molecule has 0 fully saturated rings. The highest BCUT2D eigenvalue weighted by atomic mass is 15.2. The Balaban J connectivity index is 3.03. The maximum atomic E-state index is 5.63. The minimum Gasteiger partial charge on any atom is -0.353 e. The summed E-state index contributed by atoms with van der Waals surface area (Å²) in [6.45, 7) is 9.81. The van der Waals surface area contributed by atoms with Gasteiger partial charge in [-0.25, -0.2) is 9.97 Å². The summed E-state index contributed by atoms with van der Waals surface area (Å²) in [7, 11) is 0. The summed E-state index contributed by atoms with van der Waals surface area (Å²) in [5, 5.41) is 0. The fourth-order valence-corrected chi connectivity index (χ4v) is 1.72. The predicted octanol–water partition coefficient (Wildman–Crippen LogP) is 1.52. The maximum absolute atomic E-state index is 5.63. The van der Waals surface area contributed by atoms with Gasteiger partial charge in [-0.1, -0.05) is 6.92 Å². The summed E-state index contributed by atoms with van der Waals surface area (Å²) in [6, 6.07) is 2.46. The van der Waals surface area contributed by atoms with Crippen molar-refractivity contribution in [3.05, 3.63) is 17.6 Å². The number of aryl methyl sites for hydroxylation is 2. The van der Waals surface area contributed by atoms with Crippen LogP contribution in [0.1, 0.15) is 32.3 Å². The highest BCUT2D eigenvalue weighted by molar-refractivity contribution is 5.40. The first-order valence-corrected chi connectivity index (χ1v) is 5.89. The molecule has 0 amide bonds. The van der Waals surface area contributed by atoms with E-state index in [1.807, 2.05) is 6.92 Å². The molecule has 0 radical (unpaired) electrons. The Hall–Kier alpha value is -1.16. The van der Waals surface area contributed by atoms with Crippen molar-refractivity contribution in [3.8, 4) is 0 Å². The molecule has 90 valence electrons. The number of rotatable bonds is 5. The van der Waals surface area contributed by atoms with Gasteiger partial charge in [0, 0.05) is 30.9 Å². The largest absolute Gasteiger partial charge is 0.353 e. The van der Waals surface area contributed by atoms with E-state index < -0.39 is 0 Å².